The number of carboxylic acids is 1. The predicted molar refractivity (Wildman–Crippen MR) is 66.9 cm³/mol. The minimum atomic E-state index is -0.791. The standard InChI is InChI=1S/C14H18O4/c1-9(2)18-12-5-3-10(4-6-12)13(14(15)16)11-7-17-8-11/h3-6,9,11,13H,7-8H2,1-2H3,(H,15,16). The zero-order valence-corrected chi connectivity index (χ0v) is 10.6. The predicted octanol–water partition coefficient (Wildman–Crippen LogP) is 2.29. The van der Waals surface area contributed by atoms with Crippen molar-refractivity contribution < 1.29 is 19.4 Å². The topological polar surface area (TPSA) is 55.8 Å². The molecule has 4 heteroatoms. The minimum Gasteiger partial charge on any atom is -0.491 e. The van der Waals surface area contributed by atoms with Gasteiger partial charge in [0.1, 0.15) is 5.75 Å². The van der Waals surface area contributed by atoms with Crippen LogP contribution in [0.25, 0.3) is 0 Å². The Labute approximate surface area is 107 Å². The molecule has 1 aromatic rings. The summed E-state index contributed by atoms with van der Waals surface area (Å²) in [6.45, 7) is 4.97. The molecule has 0 saturated carbocycles. The van der Waals surface area contributed by atoms with E-state index in [2.05, 4.69) is 0 Å². The average Bonchev–Trinajstić information content (AvgIpc) is 2.23. The summed E-state index contributed by atoms with van der Waals surface area (Å²) in [5.41, 5.74) is 0.812. The molecule has 1 fully saturated rings. The first kappa shape index (κ1) is 12.9. The number of carboxylic acid groups (broad SMARTS) is 1. The summed E-state index contributed by atoms with van der Waals surface area (Å²) in [6, 6.07) is 7.30. The van der Waals surface area contributed by atoms with E-state index < -0.39 is 11.9 Å². The van der Waals surface area contributed by atoms with Crippen LogP contribution in [0, 0.1) is 5.92 Å². The summed E-state index contributed by atoms with van der Waals surface area (Å²) >= 11 is 0. The molecule has 1 atom stereocenters. The van der Waals surface area contributed by atoms with Gasteiger partial charge in [0.05, 0.1) is 25.2 Å². The summed E-state index contributed by atoms with van der Waals surface area (Å²) in [7, 11) is 0. The van der Waals surface area contributed by atoms with Gasteiger partial charge in [-0.05, 0) is 31.5 Å². The molecule has 0 aliphatic carbocycles. The Bertz CT molecular complexity index is 406. The Morgan fingerprint density at radius 3 is 2.33 bits per heavy atom. The molecule has 1 aromatic carbocycles. The van der Waals surface area contributed by atoms with Gasteiger partial charge in [0.15, 0.2) is 0 Å². The van der Waals surface area contributed by atoms with Crippen molar-refractivity contribution in [3.8, 4) is 5.75 Å². The lowest BCUT2D eigenvalue weighted by Crippen LogP contribution is -2.36. The van der Waals surface area contributed by atoms with E-state index in [-0.39, 0.29) is 12.0 Å². The largest absolute Gasteiger partial charge is 0.491 e. The van der Waals surface area contributed by atoms with Crippen LogP contribution in [-0.4, -0.2) is 30.4 Å². The third kappa shape index (κ3) is 2.82. The van der Waals surface area contributed by atoms with Crippen LogP contribution >= 0.6 is 0 Å². The second kappa shape index (κ2) is 5.40. The van der Waals surface area contributed by atoms with Gasteiger partial charge in [-0.1, -0.05) is 12.1 Å². The molecule has 2 rings (SSSR count). The number of rotatable bonds is 5. The SMILES string of the molecule is CC(C)Oc1ccc(C(C(=O)O)C2COC2)cc1. The third-order valence-electron chi connectivity index (χ3n) is 3.01. The van der Waals surface area contributed by atoms with Gasteiger partial charge in [-0.3, -0.25) is 4.79 Å². The van der Waals surface area contributed by atoms with Crippen LogP contribution in [0.5, 0.6) is 5.75 Å². The fraction of sp³-hybridized carbons (Fsp3) is 0.500. The van der Waals surface area contributed by atoms with Gasteiger partial charge in [-0.2, -0.15) is 0 Å². The van der Waals surface area contributed by atoms with E-state index in [9.17, 15) is 9.90 Å². The highest BCUT2D eigenvalue weighted by Crippen LogP contribution is 2.31. The normalized spacial score (nSPS) is 17.3. The van der Waals surface area contributed by atoms with Crippen LogP contribution in [-0.2, 0) is 9.53 Å². The van der Waals surface area contributed by atoms with Crippen LogP contribution in [0.15, 0.2) is 24.3 Å². The first-order valence-corrected chi connectivity index (χ1v) is 6.15. The van der Waals surface area contributed by atoms with Crippen molar-refractivity contribution in [3.63, 3.8) is 0 Å². The van der Waals surface area contributed by atoms with Gasteiger partial charge in [-0.25, -0.2) is 0 Å². The Balaban J connectivity index is 2.13. The minimum absolute atomic E-state index is 0.0827. The Hall–Kier alpha value is -1.55. The van der Waals surface area contributed by atoms with Gasteiger partial charge >= 0.3 is 5.97 Å². The quantitative estimate of drug-likeness (QED) is 0.871. The summed E-state index contributed by atoms with van der Waals surface area (Å²) in [6.07, 6.45) is 0.117. The highest BCUT2D eigenvalue weighted by atomic mass is 16.5. The van der Waals surface area contributed by atoms with E-state index in [4.69, 9.17) is 9.47 Å². The molecule has 1 aliphatic heterocycles. The lowest BCUT2D eigenvalue weighted by molar-refractivity contribution is -0.146. The van der Waals surface area contributed by atoms with Gasteiger partial charge < -0.3 is 14.6 Å². The maximum atomic E-state index is 11.3. The van der Waals surface area contributed by atoms with Crippen LogP contribution in [0.3, 0.4) is 0 Å². The first-order valence-electron chi connectivity index (χ1n) is 6.15. The molecule has 1 heterocycles. The Morgan fingerprint density at radius 2 is 1.94 bits per heavy atom. The van der Waals surface area contributed by atoms with Gasteiger partial charge in [0, 0.05) is 5.92 Å². The summed E-state index contributed by atoms with van der Waals surface area (Å²) in [5, 5.41) is 9.29. The molecule has 1 unspecified atom stereocenters. The van der Waals surface area contributed by atoms with E-state index in [0.717, 1.165) is 11.3 Å². The van der Waals surface area contributed by atoms with Crippen molar-refractivity contribution in [2.45, 2.75) is 25.9 Å². The highest BCUT2D eigenvalue weighted by molar-refractivity contribution is 5.76. The van der Waals surface area contributed by atoms with Crippen molar-refractivity contribution in [3.05, 3.63) is 29.8 Å². The molecule has 0 bridgehead atoms. The molecular weight excluding hydrogens is 232 g/mol. The molecule has 0 aromatic heterocycles. The Kier molecular flexibility index (Phi) is 3.87. The van der Waals surface area contributed by atoms with Gasteiger partial charge in [0.2, 0.25) is 0 Å². The van der Waals surface area contributed by atoms with E-state index >= 15 is 0 Å². The third-order valence-corrected chi connectivity index (χ3v) is 3.01. The zero-order valence-electron chi connectivity index (χ0n) is 10.6. The van der Waals surface area contributed by atoms with Gasteiger partial charge in [-0.15, -0.1) is 0 Å². The van der Waals surface area contributed by atoms with E-state index in [1.807, 2.05) is 38.1 Å². The van der Waals surface area contributed by atoms with Crippen LogP contribution in [0.1, 0.15) is 25.3 Å². The number of ether oxygens (including phenoxy) is 2. The fourth-order valence-electron chi connectivity index (χ4n) is 2.09. The van der Waals surface area contributed by atoms with Crippen LogP contribution in [0.4, 0.5) is 0 Å². The zero-order chi connectivity index (χ0) is 13.1. The van der Waals surface area contributed by atoms with Crippen molar-refractivity contribution in [2.75, 3.05) is 13.2 Å². The summed E-state index contributed by atoms with van der Waals surface area (Å²) in [4.78, 5) is 11.3. The van der Waals surface area contributed by atoms with Crippen LogP contribution in [0.2, 0.25) is 0 Å². The number of aliphatic carboxylic acids is 1. The average molecular weight is 250 g/mol. The van der Waals surface area contributed by atoms with Crippen LogP contribution < -0.4 is 4.74 Å². The van der Waals surface area contributed by atoms with Crippen molar-refractivity contribution in [2.24, 2.45) is 5.92 Å². The number of hydrogen-bond donors (Lipinski definition) is 1. The highest BCUT2D eigenvalue weighted by Gasteiger charge is 2.34. The number of benzene rings is 1. The van der Waals surface area contributed by atoms with E-state index in [0.29, 0.717) is 13.2 Å². The van der Waals surface area contributed by atoms with E-state index in [1.165, 1.54) is 0 Å². The van der Waals surface area contributed by atoms with E-state index in [1.54, 1.807) is 0 Å². The lowest BCUT2D eigenvalue weighted by atomic mass is 9.85. The molecule has 18 heavy (non-hydrogen) atoms. The lowest BCUT2D eigenvalue weighted by Gasteiger charge is -2.31. The van der Waals surface area contributed by atoms with Gasteiger partial charge in [0.25, 0.3) is 0 Å². The number of carbonyl (C=O) groups is 1. The molecule has 4 nitrogen and oxygen atoms in total. The Morgan fingerprint density at radius 1 is 1.33 bits per heavy atom. The smallest absolute Gasteiger partial charge is 0.311 e. The van der Waals surface area contributed by atoms with Crippen molar-refractivity contribution in [1.29, 1.82) is 0 Å². The monoisotopic (exact) mass is 250 g/mol. The second-order valence-corrected chi connectivity index (χ2v) is 4.85. The molecular formula is C14H18O4. The maximum Gasteiger partial charge on any atom is 0.311 e. The summed E-state index contributed by atoms with van der Waals surface area (Å²) < 4.78 is 10.6. The van der Waals surface area contributed by atoms with Crippen molar-refractivity contribution >= 4 is 5.97 Å². The first-order chi connectivity index (χ1) is 8.58. The molecule has 0 amide bonds. The molecule has 1 N–H and O–H groups in total. The molecule has 1 aliphatic rings. The van der Waals surface area contributed by atoms with Crippen molar-refractivity contribution in [1.82, 2.24) is 0 Å². The maximum absolute atomic E-state index is 11.3. The molecule has 0 radical (unpaired) electrons. The molecule has 0 spiro atoms. The summed E-state index contributed by atoms with van der Waals surface area (Å²) in [5.74, 6) is -0.421. The molecule has 98 valence electrons. The molecule has 1 saturated heterocycles. The second-order valence-electron chi connectivity index (χ2n) is 4.85. The fourth-order valence-corrected chi connectivity index (χ4v) is 2.09. The number of hydrogen-bond acceptors (Lipinski definition) is 3.